The number of carbonyl (C=O) groups excluding carboxylic acids is 1. The Kier molecular flexibility index (Phi) is 2.59. The van der Waals surface area contributed by atoms with Crippen LogP contribution in [0, 0.1) is 0 Å². The highest BCUT2D eigenvalue weighted by atomic mass is 19.4. The maximum Gasteiger partial charge on any atom is 0.484 e. The molecule has 76 valence electrons. The number of rotatable bonds is 4. The Morgan fingerprint density at radius 3 is 2.31 bits per heavy atom. The van der Waals surface area contributed by atoms with Crippen molar-refractivity contribution in [3.8, 4) is 0 Å². The number of ether oxygens (including phenoxy) is 1. The van der Waals surface area contributed by atoms with Crippen molar-refractivity contribution >= 4 is 12.9 Å². The largest absolute Gasteiger partial charge is 0.484 e. The van der Waals surface area contributed by atoms with E-state index in [1.165, 1.54) is 0 Å². The molecule has 0 aromatic heterocycles. The second-order valence-corrected chi connectivity index (χ2v) is 3.42. The zero-order valence-electron chi connectivity index (χ0n) is 7.36. The molecule has 1 saturated carbocycles. The molecule has 0 N–H and O–H groups in total. The lowest BCUT2D eigenvalue weighted by atomic mass is 9.67. The van der Waals surface area contributed by atoms with Crippen LogP contribution in [0.3, 0.4) is 0 Å². The third-order valence-corrected chi connectivity index (χ3v) is 2.39. The summed E-state index contributed by atoms with van der Waals surface area (Å²) in [6.07, 6.45) is -0.338. The van der Waals surface area contributed by atoms with Crippen LogP contribution in [-0.2, 0) is 9.53 Å². The standard InChI is InChI=1S/C7H11BF3O2/c1-2-13-6(12)5-7(3-4-7)8(9,10)11/h2-5H2,1H3/q-1. The van der Waals surface area contributed by atoms with Crippen molar-refractivity contribution < 1.29 is 22.5 Å². The van der Waals surface area contributed by atoms with Crippen LogP contribution in [0.1, 0.15) is 26.2 Å². The van der Waals surface area contributed by atoms with Gasteiger partial charge in [0.25, 0.3) is 0 Å². The summed E-state index contributed by atoms with van der Waals surface area (Å²) in [5.74, 6) is -0.737. The fourth-order valence-corrected chi connectivity index (χ4v) is 1.28. The summed E-state index contributed by atoms with van der Waals surface area (Å²) < 4.78 is 41.5. The highest BCUT2D eigenvalue weighted by Crippen LogP contribution is 2.64. The van der Waals surface area contributed by atoms with Gasteiger partial charge in [0.05, 0.1) is 6.61 Å². The highest BCUT2D eigenvalue weighted by Gasteiger charge is 2.58. The Labute approximate surface area is 74.5 Å². The van der Waals surface area contributed by atoms with E-state index in [1.54, 1.807) is 6.92 Å². The topological polar surface area (TPSA) is 26.3 Å². The van der Waals surface area contributed by atoms with Crippen molar-refractivity contribution in [2.24, 2.45) is 0 Å². The summed E-state index contributed by atoms with van der Waals surface area (Å²) >= 11 is 0. The lowest BCUT2D eigenvalue weighted by Crippen LogP contribution is -2.28. The van der Waals surface area contributed by atoms with Gasteiger partial charge in [-0.05, 0) is 6.92 Å². The molecular formula is C7H11BF3O2-. The number of esters is 1. The summed E-state index contributed by atoms with van der Waals surface area (Å²) in [6.45, 7) is -3.18. The van der Waals surface area contributed by atoms with Gasteiger partial charge in [-0.1, -0.05) is 18.2 Å². The number of hydrogen-bond acceptors (Lipinski definition) is 2. The van der Waals surface area contributed by atoms with Crippen molar-refractivity contribution in [3.63, 3.8) is 0 Å². The molecular weight excluding hydrogens is 184 g/mol. The van der Waals surface area contributed by atoms with Gasteiger partial charge >= 0.3 is 12.9 Å². The van der Waals surface area contributed by atoms with Crippen LogP contribution < -0.4 is 0 Å². The van der Waals surface area contributed by atoms with Gasteiger partial charge < -0.3 is 17.7 Å². The van der Waals surface area contributed by atoms with E-state index < -0.39 is 24.7 Å². The predicted octanol–water partition coefficient (Wildman–Crippen LogP) is 2.32. The lowest BCUT2D eigenvalue weighted by Gasteiger charge is -2.24. The first-order chi connectivity index (χ1) is 5.91. The van der Waals surface area contributed by atoms with E-state index in [9.17, 15) is 17.7 Å². The number of hydrogen-bond donors (Lipinski definition) is 0. The van der Waals surface area contributed by atoms with E-state index in [0.717, 1.165) is 0 Å². The van der Waals surface area contributed by atoms with Gasteiger partial charge in [0.1, 0.15) is 0 Å². The molecule has 0 heterocycles. The minimum absolute atomic E-state index is 0.0787. The molecule has 1 aliphatic rings. The molecule has 0 aromatic rings. The van der Waals surface area contributed by atoms with E-state index in [4.69, 9.17) is 0 Å². The Morgan fingerprint density at radius 1 is 1.46 bits per heavy atom. The van der Waals surface area contributed by atoms with Crippen molar-refractivity contribution in [1.82, 2.24) is 0 Å². The molecule has 0 atom stereocenters. The summed E-state index contributed by atoms with van der Waals surface area (Å²) in [6, 6.07) is 0. The van der Waals surface area contributed by atoms with Crippen LogP contribution in [0.2, 0.25) is 5.31 Å². The third-order valence-electron chi connectivity index (χ3n) is 2.39. The average molecular weight is 195 g/mol. The molecule has 13 heavy (non-hydrogen) atoms. The monoisotopic (exact) mass is 195 g/mol. The van der Waals surface area contributed by atoms with Gasteiger partial charge in [-0.15, -0.1) is 0 Å². The van der Waals surface area contributed by atoms with Crippen LogP contribution in [0.4, 0.5) is 12.9 Å². The van der Waals surface area contributed by atoms with E-state index in [1.807, 2.05) is 0 Å². The second kappa shape index (κ2) is 3.23. The van der Waals surface area contributed by atoms with Crippen LogP contribution >= 0.6 is 0 Å². The third kappa shape index (κ3) is 2.17. The van der Waals surface area contributed by atoms with Gasteiger partial charge in [0.15, 0.2) is 0 Å². The minimum Gasteiger partial charge on any atom is -0.466 e. The molecule has 0 aromatic carbocycles. The maximum absolute atomic E-state index is 12.4. The normalized spacial score (nSPS) is 19.7. The molecule has 1 fully saturated rings. The molecule has 0 bridgehead atoms. The van der Waals surface area contributed by atoms with Crippen LogP contribution in [0.5, 0.6) is 0 Å². The van der Waals surface area contributed by atoms with Crippen LogP contribution in [-0.4, -0.2) is 19.6 Å². The molecule has 0 spiro atoms. The lowest BCUT2D eigenvalue weighted by molar-refractivity contribution is -0.143. The van der Waals surface area contributed by atoms with Crippen LogP contribution in [0.25, 0.3) is 0 Å². The van der Waals surface area contributed by atoms with E-state index in [0.29, 0.717) is 0 Å². The van der Waals surface area contributed by atoms with Crippen molar-refractivity contribution in [2.45, 2.75) is 31.5 Å². The maximum atomic E-state index is 12.4. The van der Waals surface area contributed by atoms with Crippen LogP contribution in [0.15, 0.2) is 0 Å². The van der Waals surface area contributed by atoms with E-state index >= 15 is 0 Å². The Balaban J connectivity index is 2.49. The van der Waals surface area contributed by atoms with Crippen molar-refractivity contribution in [1.29, 1.82) is 0 Å². The SMILES string of the molecule is CCOC(=O)CC1([B-](F)(F)F)CC1. The van der Waals surface area contributed by atoms with Crippen molar-refractivity contribution in [3.05, 3.63) is 0 Å². The summed E-state index contributed by atoms with van der Waals surface area (Å²) in [4.78, 5) is 10.8. The molecule has 2 nitrogen and oxygen atoms in total. The second-order valence-electron chi connectivity index (χ2n) is 3.42. The first kappa shape index (κ1) is 10.4. The van der Waals surface area contributed by atoms with E-state index in [-0.39, 0.29) is 19.4 Å². The molecule has 6 heteroatoms. The van der Waals surface area contributed by atoms with Gasteiger partial charge in [-0.2, -0.15) is 0 Å². The molecule has 0 aliphatic heterocycles. The Morgan fingerprint density at radius 2 is 2.00 bits per heavy atom. The number of halogens is 3. The summed E-state index contributed by atoms with van der Waals surface area (Å²) in [5, 5.41) is -1.70. The first-order valence-electron chi connectivity index (χ1n) is 4.26. The molecule has 0 saturated heterocycles. The molecule has 1 aliphatic carbocycles. The zero-order valence-corrected chi connectivity index (χ0v) is 7.36. The molecule has 0 amide bonds. The van der Waals surface area contributed by atoms with E-state index in [2.05, 4.69) is 4.74 Å². The summed E-state index contributed by atoms with van der Waals surface area (Å²) in [7, 11) is 0. The zero-order chi connectivity index (χ0) is 10.1. The molecule has 0 radical (unpaired) electrons. The average Bonchev–Trinajstić information content (AvgIpc) is 2.67. The Hall–Kier alpha value is -0.675. The fraction of sp³-hybridized carbons (Fsp3) is 0.857. The number of carbonyl (C=O) groups is 1. The van der Waals surface area contributed by atoms with Gasteiger partial charge in [0.2, 0.25) is 0 Å². The van der Waals surface area contributed by atoms with Gasteiger partial charge in [-0.3, -0.25) is 4.79 Å². The fourth-order valence-electron chi connectivity index (χ4n) is 1.28. The first-order valence-corrected chi connectivity index (χ1v) is 4.26. The Bertz CT molecular complexity index is 210. The van der Waals surface area contributed by atoms with Crippen molar-refractivity contribution in [2.75, 3.05) is 6.61 Å². The predicted molar refractivity (Wildman–Crippen MR) is 42.3 cm³/mol. The minimum atomic E-state index is -4.90. The highest BCUT2D eigenvalue weighted by molar-refractivity contribution is 6.63. The molecule has 1 rings (SSSR count). The quantitative estimate of drug-likeness (QED) is 0.508. The van der Waals surface area contributed by atoms with Gasteiger partial charge in [0, 0.05) is 6.42 Å². The summed E-state index contributed by atoms with van der Waals surface area (Å²) in [5.41, 5.74) is 0. The smallest absolute Gasteiger partial charge is 0.466 e. The van der Waals surface area contributed by atoms with Gasteiger partial charge in [-0.25, -0.2) is 0 Å². The molecule has 0 unspecified atom stereocenters.